The van der Waals surface area contributed by atoms with Gasteiger partial charge in [0.25, 0.3) is 5.91 Å². The van der Waals surface area contributed by atoms with Gasteiger partial charge >= 0.3 is 0 Å². The Morgan fingerprint density at radius 3 is 3.00 bits per heavy atom. The molecule has 16 heavy (non-hydrogen) atoms. The summed E-state index contributed by atoms with van der Waals surface area (Å²) in [7, 11) is 0. The zero-order chi connectivity index (χ0) is 11.5. The van der Waals surface area contributed by atoms with Gasteiger partial charge in [0.15, 0.2) is 5.82 Å². The van der Waals surface area contributed by atoms with Gasteiger partial charge in [-0.25, -0.2) is 9.97 Å². The highest BCUT2D eigenvalue weighted by molar-refractivity contribution is 7.09. The maximum Gasteiger partial charge on any atom is 0.276 e. The van der Waals surface area contributed by atoms with Gasteiger partial charge in [-0.1, -0.05) is 11.6 Å². The average Bonchev–Trinajstić information content (AvgIpc) is 2.68. The molecule has 0 saturated heterocycles. The molecule has 1 N–H and O–H groups in total. The Balaban J connectivity index is 2.17. The van der Waals surface area contributed by atoms with Crippen LogP contribution in [0.3, 0.4) is 0 Å². The minimum atomic E-state index is -0.301. The Morgan fingerprint density at radius 1 is 1.56 bits per heavy atom. The van der Waals surface area contributed by atoms with Crippen molar-refractivity contribution < 1.29 is 4.79 Å². The number of pyridine rings is 1. The number of halogens is 1. The van der Waals surface area contributed by atoms with Gasteiger partial charge in [0.1, 0.15) is 5.69 Å². The van der Waals surface area contributed by atoms with Crippen LogP contribution in [0.15, 0.2) is 23.7 Å². The Labute approximate surface area is 101 Å². The first-order chi connectivity index (χ1) is 7.66. The monoisotopic (exact) mass is 253 g/mol. The summed E-state index contributed by atoms with van der Waals surface area (Å²) < 4.78 is 0. The number of anilines is 1. The predicted molar refractivity (Wildman–Crippen MR) is 64.1 cm³/mol. The lowest BCUT2D eigenvalue weighted by Crippen LogP contribution is -2.13. The maximum absolute atomic E-state index is 11.7. The van der Waals surface area contributed by atoms with E-state index in [4.69, 9.17) is 11.6 Å². The number of carbonyl (C=O) groups is 1. The molecular formula is C10H8ClN3OS. The summed E-state index contributed by atoms with van der Waals surface area (Å²) in [6, 6.07) is 3.36. The molecule has 6 heteroatoms. The van der Waals surface area contributed by atoms with Crippen molar-refractivity contribution in [3.8, 4) is 0 Å². The summed E-state index contributed by atoms with van der Waals surface area (Å²) in [6.45, 7) is 1.84. The van der Waals surface area contributed by atoms with Crippen molar-refractivity contribution in [2.45, 2.75) is 6.92 Å². The second kappa shape index (κ2) is 4.59. The summed E-state index contributed by atoms with van der Waals surface area (Å²) in [4.78, 5) is 19.7. The van der Waals surface area contributed by atoms with Crippen LogP contribution in [0.4, 0.5) is 5.82 Å². The van der Waals surface area contributed by atoms with E-state index in [0.717, 1.165) is 5.01 Å². The highest BCUT2D eigenvalue weighted by atomic mass is 35.5. The molecule has 0 aliphatic heterocycles. The molecule has 0 aromatic carbocycles. The molecule has 2 aromatic rings. The Bertz CT molecular complexity index is 526. The highest BCUT2D eigenvalue weighted by Crippen LogP contribution is 2.18. The Morgan fingerprint density at radius 2 is 2.38 bits per heavy atom. The van der Waals surface area contributed by atoms with Crippen LogP contribution in [0.5, 0.6) is 0 Å². The van der Waals surface area contributed by atoms with Gasteiger partial charge in [-0.15, -0.1) is 11.3 Å². The van der Waals surface area contributed by atoms with Crippen molar-refractivity contribution in [2.75, 3.05) is 5.32 Å². The number of aromatic nitrogens is 2. The molecule has 0 aliphatic carbocycles. The zero-order valence-electron chi connectivity index (χ0n) is 8.40. The van der Waals surface area contributed by atoms with Gasteiger partial charge in [0.05, 0.1) is 10.0 Å². The molecule has 0 bridgehead atoms. The quantitative estimate of drug-likeness (QED) is 0.895. The van der Waals surface area contributed by atoms with Gasteiger partial charge in [0.2, 0.25) is 0 Å². The molecule has 4 nitrogen and oxygen atoms in total. The predicted octanol–water partition coefficient (Wildman–Crippen LogP) is 2.75. The summed E-state index contributed by atoms with van der Waals surface area (Å²) in [5.74, 6) is 0.0461. The van der Waals surface area contributed by atoms with E-state index in [1.54, 1.807) is 23.7 Å². The van der Waals surface area contributed by atoms with Gasteiger partial charge in [0, 0.05) is 11.6 Å². The average molecular weight is 254 g/mol. The van der Waals surface area contributed by atoms with Gasteiger partial charge in [-0.05, 0) is 19.1 Å². The van der Waals surface area contributed by atoms with E-state index in [1.807, 2.05) is 6.92 Å². The number of thiazole rings is 1. The van der Waals surface area contributed by atoms with Gasteiger partial charge in [-0.2, -0.15) is 0 Å². The van der Waals surface area contributed by atoms with E-state index in [-0.39, 0.29) is 5.91 Å². The molecule has 0 aliphatic rings. The van der Waals surface area contributed by atoms with Crippen molar-refractivity contribution in [3.63, 3.8) is 0 Å². The van der Waals surface area contributed by atoms with E-state index >= 15 is 0 Å². The van der Waals surface area contributed by atoms with Crippen molar-refractivity contribution in [1.29, 1.82) is 0 Å². The van der Waals surface area contributed by atoms with E-state index in [0.29, 0.717) is 16.5 Å². The fourth-order valence-corrected chi connectivity index (χ4v) is 1.88. The van der Waals surface area contributed by atoms with Crippen LogP contribution in [0, 0.1) is 6.92 Å². The zero-order valence-corrected chi connectivity index (χ0v) is 9.97. The van der Waals surface area contributed by atoms with Crippen molar-refractivity contribution in [1.82, 2.24) is 9.97 Å². The summed E-state index contributed by atoms with van der Waals surface area (Å²) in [6.07, 6.45) is 1.56. The fourth-order valence-electron chi connectivity index (χ4n) is 1.12. The van der Waals surface area contributed by atoms with Crippen LogP contribution in [0.1, 0.15) is 15.5 Å². The maximum atomic E-state index is 11.7. The second-order valence-corrected chi connectivity index (χ2v) is 4.51. The molecule has 0 radical (unpaired) electrons. The summed E-state index contributed by atoms with van der Waals surface area (Å²) in [5.41, 5.74) is 0.379. The molecule has 0 fully saturated rings. The Hall–Kier alpha value is -1.46. The molecule has 82 valence electrons. The smallest absolute Gasteiger partial charge is 0.276 e. The third-order valence-electron chi connectivity index (χ3n) is 1.84. The topological polar surface area (TPSA) is 54.9 Å². The molecule has 2 rings (SSSR count). The van der Waals surface area contributed by atoms with Crippen molar-refractivity contribution in [2.24, 2.45) is 0 Å². The fraction of sp³-hybridized carbons (Fsp3) is 0.100. The summed E-state index contributed by atoms with van der Waals surface area (Å²) >= 11 is 7.29. The lowest BCUT2D eigenvalue weighted by molar-refractivity contribution is 0.102. The number of aryl methyl sites for hydroxylation is 1. The molecule has 1 amide bonds. The van der Waals surface area contributed by atoms with E-state index in [9.17, 15) is 4.79 Å². The largest absolute Gasteiger partial charge is 0.304 e. The molecule has 0 spiro atoms. The first-order valence-corrected chi connectivity index (χ1v) is 5.76. The molecule has 0 unspecified atom stereocenters. The first kappa shape index (κ1) is 11.0. The van der Waals surface area contributed by atoms with E-state index in [2.05, 4.69) is 15.3 Å². The summed E-state index contributed by atoms with van der Waals surface area (Å²) in [5, 5.41) is 5.55. The van der Waals surface area contributed by atoms with Crippen LogP contribution in [-0.2, 0) is 0 Å². The number of rotatable bonds is 2. The molecule has 0 saturated carbocycles. The van der Waals surface area contributed by atoms with Crippen LogP contribution in [0.2, 0.25) is 5.02 Å². The first-order valence-electron chi connectivity index (χ1n) is 4.51. The van der Waals surface area contributed by atoms with E-state index < -0.39 is 0 Å². The number of nitrogens with one attached hydrogen (secondary N) is 1. The molecule has 2 aromatic heterocycles. The Kier molecular flexibility index (Phi) is 3.17. The molecule has 0 atom stereocenters. The van der Waals surface area contributed by atoms with E-state index in [1.165, 1.54) is 11.3 Å². The van der Waals surface area contributed by atoms with Crippen LogP contribution in [0.25, 0.3) is 0 Å². The minimum absolute atomic E-state index is 0.301. The minimum Gasteiger partial charge on any atom is -0.304 e. The normalized spacial score (nSPS) is 10.1. The van der Waals surface area contributed by atoms with Crippen LogP contribution in [-0.4, -0.2) is 15.9 Å². The standard InChI is InChI=1S/C10H8ClN3OS/c1-6-13-8(5-16-6)10(15)14-9-7(11)3-2-4-12-9/h2-5H,1H3,(H,12,14,15). The van der Waals surface area contributed by atoms with Crippen molar-refractivity contribution >= 4 is 34.7 Å². The number of hydrogen-bond donors (Lipinski definition) is 1. The third-order valence-corrected chi connectivity index (χ3v) is 2.92. The molecular weight excluding hydrogens is 246 g/mol. The highest BCUT2D eigenvalue weighted by Gasteiger charge is 2.11. The lowest BCUT2D eigenvalue weighted by atomic mass is 10.4. The number of hydrogen-bond acceptors (Lipinski definition) is 4. The number of carbonyl (C=O) groups excluding carboxylic acids is 1. The van der Waals surface area contributed by atoms with Gasteiger partial charge < -0.3 is 5.32 Å². The van der Waals surface area contributed by atoms with Gasteiger partial charge in [-0.3, -0.25) is 4.79 Å². The lowest BCUT2D eigenvalue weighted by Gasteiger charge is -2.03. The molecule has 2 heterocycles. The number of amides is 1. The SMILES string of the molecule is Cc1nc(C(=O)Nc2ncccc2Cl)cs1. The van der Waals surface area contributed by atoms with Crippen LogP contribution >= 0.6 is 22.9 Å². The third kappa shape index (κ3) is 2.37. The second-order valence-electron chi connectivity index (χ2n) is 3.04. The number of nitrogens with zero attached hydrogens (tertiary/aromatic N) is 2. The van der Waals surface area contributed by atoms with Crippen molar-refractivity contribution in [3.05, 3.63) is 39.4 Å². The van der Waals surface area contributed by atoms with Crippen LogP contribution < -0.4 is 5.32 Å².